The minimum absolute atomic E-state index is 0.102. The first-order valence-corrected chi connectivity index (χ1v) is 37.7. The Hall–Kier alpha value is -1.94. The van der Waals surface area contributed by atoms with Crippen LogP contribution in [-0.2, 0) is 65.4 Å². The Morgan fingerprint density at radius 2 is 0.488 bits per heavy atom. The maximum absolute atomic E-state index is 13.0. The van der Waals surface area contributed by atoms with Gasteiger partial charge in [-0.1, -0.05) is 274 Å². The van der Waals surface area contributed by atoms with Gasteiger partial charge in [-0.15, -0.1) is 0 Å². The molecule has 17 nitrogen and oxygen atoms in total. The first kappa shape index (κ1) is 84.1. The third kappa shape index (κ3) is 60.9. The second-order valence-electron chi connectivity index (χ2n) is 26.1. The average Bonchev–Trinajstić information content (AvgIpc) is 3.55. The zero-order valence-corrected chi connectivity index (χ0v) is 57.7. The molecule has 0 bridgehead atoms. The van der Waals surface area contributed by atoms with E-state index in [1.807, 2.05) is 0 Å². The van der Waals surface area contributed by atoms with Crippen LogP contribution in [-0.4, -0.2) is 96.7 Å². The summed E-state index contributed by atoms with van der Waals surface area (Å²) in [6, 6.07) is 0. The van der Waals surface area contributed by atoms with Crippen LogP contribution in [0.4, 0.5) is 0 Å². The molecule has 0 saturated carbocycles. The molecule has 86 heavy (non-hydrogen) atoms. The van der Waals surface area contributed by atoms with Crippen LogP contribution >= 0.6 is 15.6 Å². The van der Waals surface area contributed by atoms with Gasteiger partial charge < -0.3 is 33.8 Å². The summed E-state index contributed by atoms with van der Waals surface area (Å²) >= 11 is 0. The highest BCUT2D eigenvalue weighted by Gasteiger charge is 2.30. The predicted molar refractivity (Wildman–Crippen MR) is 344 cm³/mol. The normalized spacial score (nSPS) is 14.4. The van der Waals surface area contributed by atoms with Crippen LogP contribution in [0.15, 0.2) is 0 Å². The summed E-state index contributed by atoms with van der Waals surface area (Å²) in [5.41, 5.74) is 0. The zero-order chi connectivity index (χ0) is 63.9. The Balaban J connectivity index is 5.21. The topological polar surface area (TPSA) is 237 Å². The Morgan fingerprint density at radius 3 is 0.721 bits per heavy atom. The number of hydrogen-bond acceptors (Lipinski definition) is 15. The first-order valence-electron chi connectivity index (χ1n) is 34.7. The molecule has 0 aliphatic rings. The highest BCUT2D eigenvalue weighted by atomic mass is 31.2. The van der Waals surface area contributed by atoms with Crippen molar-refractivity contribution >= 4 is 39.5 Å². The van der Waals surface area contributed by atoms with Crippen molar-refractivity contribution in [3.63, 3.8) is 0 Å². The molecular formula is C67H130O17P2. The van der Waals surface area contributed by atoms with Crippen molar-refractivity contribution in [2.24, 2.45) is 23.7 Å². The molecule has 0 fully saturated rings. The van der Waals surface area contributed by atoms with Crippen molar-refractivity contribution in [2.45, 2.75) is 343 Å². The highest BCUT2D eigenvalue weighted by molar-refractivity contribution is 7.47. The van der Waals surface area contributed by atoms with E-state index in [9.17, 15) is 43.2 Å². The van der Waals surface area contributed by atoms with E-state index in [4.69, 9.17) is 37.0 Å². The van der Waals surface area contributed by atoms with Crippen LogP contribution in [0.2, 0.25) is 0 Å². The van der Waals surface area contributed by atoms with Crippen molar-refractivity contribution in [2.75, 3.05) is 39.6 Å². The monoisotopic (exact) mass is 1270 g/mol. The maximum Gasteiger partial charge on any atom is 0.472 e. The van der Waals surface area contributed by atoms with Crippen LogP contribution in [0, 0.1) is 23.7 Å². The van der Waals surface area contributed by atoms with Gasteiger partial charge in [0.1, 0.15) is 19.3 Å². The van der Waals surface area contributed by atoms with E-state index in [1.54, 1.807) is 0 Å². The van der Waals surface area contributed by atoms with E-state index in [0.29, 0.717) is 37.5 Å². The van der Waals surface area contributed by atoms with Crippen LogP contribution in [0.5, 0.6) is 0 Å². The SMILES string of the molecule is CC(C)CCCCCCCCCCCCCCCC(=O)OC[C@H](COP(=O)(O)OC[C@@H](O)COP(=O)(O)OC[C@@H](COC(=O)CCCCCCCCC(C)C)OC(=O)CCCCCCCCCC(C)C)OC(=O)CCCCCCCCCCC(C)C. The van der Waals surface area contributed by atoms with Crippen LogP contribution in [0.3, 0.4) is 0 Å². The number of ether oxygens (including phenoxy) is 4. The van der Waals surface area contributed by atoms with E-state index in [1.165, 1.54) is 122 Å². The summed E-state index contributed by atoms with van der Waals surface area (Å²) in [4.78, 5) is 72.3. The smallest absolute Gasteiger partial charge is 0.462 e. The lowest BCUT2D eigenvalue weighted by atomic mass is 10.0. The number of unbranched alkanes of at least 4 members (excludes halogenated alkanes) is 30. The maximum atomic E-state index is 13.0. The molecule has 0 aromatic carbocycles. The third-order valence-corrected chi connectivity index (χ3v) is 17.2. The van der Waals surface area contributed by atoms with Gasteiger partial charge in [0.05, 0.1) is 26.4 Å². The number of carbonyl (C=O) groups is 4. The quantitative estimate of drug-likeness (QED) is 0.0222. The summed E-state index contributed by atoms with van der Waals surface area (Å²) in [5.74, 6) is 0.746. The summed E-state index contributed by atoms with van der Waals surface area (Å²) in [6.45, 7) is 13.9. The molecule has 0 spiro atoms. The van der Waals surface area contributed by atoms with Crippen molar-refractivity contribution in [1.82, 2.24) is 0 Å². The molecule has 510 valence electrons. The van der Waals surface area contributed by atoms with Gasteiger partial charge in [0, 0.05) is 25.7 Å². The fourth-order valence-corrected chi connectivity index (χ4v) is 11.5. The number of phosphoric acid groups is 2. The molecule has 0 amide bonds. The second-order valence-corrected chi connectivity index (χ2v) is 29.0. The summed E-state index contributed by atoms with van der Waals surface area (Å²) < 4.78 is 68.1. The second kappa shape index (κ2) is 57.0. The number of aliphatic hydroxyl groups is 1. The summed E-state index contributed by atoms with van der Waals surface area (Å²) in [6.07, 6.45) is 37.9. The lowest BCUT2D eigenvalue weighted by molar-refractivity contribution is -0.161. The van der Waals surface area contributed by atoms with E-state index in [-0.39, 0.29) is 25.7 Å². The van der Waals surface area contributed by atoms with Gasteiger partial charge in [-0.05, 0) is 49.4 Å². The number of hydrogen-bond donors (Lipinski definition) is 3. The lowest BCUT2D eigenvalue weighted by Crippen LogP contribution is -2.30. The minimum Gasteiger partial charge on any atom is -0.462 e. The largest absolute Gasteiger partial charge is 0.472 e. The van der Waals surface area contributed by atoms with E-state index in [0.717, 1.165) is 108 Å². The molecule has 3 N–H and O–H groups in total. The molecule has 0 radical (unpaired) electrons. The zero-order valence-electron chi connectivity index (χ0n) is 55.9. The van der Waals surface area contributed by atoms with E-state index in [2.05, 4.69) is 55.4 Å². The van der Waals surface area contributed by atoms with Gasteiger partial charge >= 0.3 is 39.5 Å². The molecule has 0 heterocycles. The first-order chi connectivity index (χ1) is 41.1. The van der Waals surface area contributed by atoms with Gasteiger partial charge in [-0.2, -0.15) is 0 Å². The van der Waals surface area contributed by atoms with Crippen LogP contribution in [0.25, 0.3) is 0 Å². The van der Waals surface area contributed by atoms with Gasteiger partial charge in [-0.25, -0.2) is 9.13 Å². The summed E-state index contributed by atoms with van der Waals surface area (Å²) in [5, 5.41) is 10.5. The Morgan fingerprint density at radius 1 is 0.291 bits per heavy atom. The predicted octanol–water partition coefficient (Wildman–Crippen LogP) is 18.5. The van der Waals surface area contributed by atoms with Crippen molar-refractivity contribution in [3.8, 4) is 0 Å². The Labute approximate surface area is 524 Å². The van der Waals surface area contributed by atoms with Gasteiger partial charge in [-0.3, -0.25) is 37.3 Å². The fourth-order valence-electron chi connectivity index (χ4n) is 9.96. The van der Waals surface area contributed by atoms with Crippen molar-refractivity contribution in [3.05, 3.63) is 0 Å². The standard InChI is InChI=1S/C67H130O17P2/c1-57(2)43-35-27-19-14-12-10-9-11-13-15-22-31-39-47-64(69)77-53-62(83-66(71)49-41-33-23-17-16-20-28-36-44-58(3)4)55-81-85(73,74)79-51-61(68)52-80-86(75,76)82-56-63(54-78-65(70)48-40-32-26-25-30-38-46-60(7)8)84-67(72)50-42-34-24-18-21-29-37-45-59(5)6/h57-63,68H,9-56H2,1-8H3,(H,73,74)(H,75,76)/t61-,62-,63-/m1/s1. The molecule has 2 unspecified atom stereocenters. The molecule has 0 rings (SSSR count). The third-order valence-electron chi connectivity index (χ3n) is 15.3. The van der Waals surface area contributed by atoms with E-state index >= 15 is 0 Å². The Bertz CT molecular complexity index is 1710. The molecule has 19 heteroatoms. The molecule has 0 aromatic rings. The van der Waals surface area contributed by atoms with Gasteiger partial charge in [0.2, 0.25) is 0 Å². The number of aliphatic hydroxyl groups excluding tert-OH is 1. The number of esters is 4. The van der Waals surface area contributed by atoms with Crippen LogP contribution in [0.1, 0.15) is 325 Å². The lowest BCUT2D eigenvalue weighted by Gasteiger charge is -2.21. The van der Waals surface area contributed by atoms with Crippen molar-refractivity contribution < 1.29 is 80.2 Å². The molecule has 0 saturated heterocycles. The van der Waals surface area contributed by atoms with E-state index < -0.39 is 97.5 Å². The van der Waals surface area contributed by atoms with Crippen molar-refractivity contribution in [1.29, 1.82) is 0 Å². The van der Waals surface area contributed by atoms with Crippen LogP contribution < -0.4 is 0 Å². The summed E-state index contributed by atoms with van der Waals surface area (Å²) in [7, 11) is -9.89. The van der Waals surface area contributed by atoms with Gasteiger partial charge in [0.15, 0.2) is 12.2 Å². The Kier molecular flexibility index (Phi) is 55.7. The molecule has 0 aliphatic carbocycles. The average molecular weight is 1270 g/mol. The number of rotatable bonds is 64. The van der Waals surface area contributed by atoms with Gasteiger partial charge in [0.25, 0.3) is 0 Å². The molecule has 5 atom stereocenters. The molecule has 0 aliphatic heterocycles. The fraction of sp³-hybridized carbons (Fsp3) is 0.940. The number of carbonyl (C=O) groups excluding carboxylic acids is 4. The highest BCUT2D eigenvalue weighted by Crippen LogP contribution is 2.45. The molecular weight excluding hydrogens is 1140 g/mol. The minimum atomic E-state index is -4.95. The number of phosphoric ester groups is 2. The molecule has 0 aromatic heterocycles.